The minimum atomic E-state index is -1.56. The van der Waals surface area contributed by atoms with Gasteiger partial charge in [-0.15, -0.1) is 0 Å². The maximum Gasteiger partial charge on any atom is 0.339 e. The molecule has 0 saturated carbocycles. The molecule has 33 heavy (non-hydrogen) atoms. The zero-order valence-corrected chi connectivity index (χ0v) is 18.9. The SMILES string of the molecule is COc1ccc(O)c(CC(C(C)C)C2(OC(=O)c3ccccc3)C(=O)Nc3ccccc32)c1. The van der Waals surface area contributed by atoms with E-state index in [2.05, 4.69) is 5.32 Å². The van der Waals surface area contributed by atoms with E-state index in [1.807, 2.05) is 38.1 Å². The van der Waals surface area contributed by atoms with Gasteiger partial charge in [0.05, 0.1) is 12.7 Å². The van der Waals surface area contributed by atoms with Gasteiger partial charge in [0.25, 0.3) is 5.91 Å². The number of aromatic hydroxyl groups is 1. The van der Waals surface area contributed by atoms with Crippen LogP contribution in [0.2, 0.25) is 0 Å². The second-order valence-electron chi connectivity index (χ2n) is 8.54. The quantitative estimate of drug-likeness (QED) is 0.504. The second-order valence-corrected chi connectivity index (χ2v) is 8.54. The van der Waals surface area contributed by atoms with Crippen molar-refractivity contribution >= 4 is 17.6 Å². The minimum absolute atomic E-state index is 0.0731. The summed E-state index contributed by atoms with van der Waals surface area (Å²) >= 11 is 0. The molecule has 2 N–H and O–H groups in total. The van der Waals surface area contributed by atoms with Crippen LogP contribution in [0.3, 0.4) is 0 Å². The Morgan fingerprint density at radius 1 is 1.03 bits per heavy atom. The van der Waals surface area contributed by atoms with Crippen LogP contribution >= 0.6 is 0 Å². The molecule has 0 aliphatic carbocycles. The van der Waals surface area contributed by atoms with Gasteiger partial charge in [0.15, 0.2) is 0 Å². The summed E-state index contributed by atoms with van der Waals surface area (Å²) in [6, 6.07) is 20.9. The molecule has 1 heterocycles. The predicted octanol–water partition coefficient (Wildman–Crippen LogP) is 4.92. The van der Waals surface area contributed by atoms with Gasteiger partial charge in [-0.05, 0) is 54.3 Å². The van der Waals surface area contributed by atoms with Crippen molar-refractivity contribution in [2.24, 2.45) is 11.8 Å². The van der Waals surface area contributed by atoms with Crippen LogP contribution in [0.15, 0.2) is 72.8 Å². The summed E-state index contributed by atoms with van der Waals surface area (Å²) in [5.41, 5.74) is 0.637. The summed E-state index contributed by atoms with van der Waals surface area (Å²) in [5.74, 6) is -0.825. The van der Waals surface area contributed by atoms with Gasteiger partial charge in [-0.3, -0.25) is 4.79 Å². The third-order valence-corrected chi connectivity index (χ3v) is 6.23. The number of methoxy groups -OCH3 is 1. The number of phenols is 1. The van der Waals surface area contributed by atoms with Gasteiger partial charge in [0.1, 0.15) is 11.5 Å². The van der Waals surface area contributed by atoms with Gasteiger partial charge in [-0.25, -0.2) is 4.79 Å². The Balaban J connectivity index is 1.84. The lowest BCUT2D eigenvalue weighted by atomic mass is 9.72. The van der Waals surface area contributed by atoms with Crippen molar-refractivity contribution in [2.75, 3.05) is 12.4 Å². The number of fused-ring (bicyclic) bond motifs is 1. The number of carbonyl (C=O) groups is 2. The maximum atomic E-state index is 13.6. The molecule has 170 valence electrons. The van der Waals surface area contributed by atoms with Gasteiger partial charge in [-0.1, -0.05) is 50.2 Å². The third-order valence-electron chi connectivity index (χ3n) is 6.23. The standard InChI is InChI=1S/C27H27NO5/c1-17(2)22(16-19-15-20(32-3)13-14-24(19)29)27(33-25(30)18-9-5-4-6-10-18)21-11-7-8-12-23(21)28-26(27)31/h4-15,17,22,29H,16H2,1-3H3,(H,28,31). The Labute approximate surface area is 193 Å². The number of amides is 1. The Hall–Kier alpha value is -3.80. The molecule has 2 atom stereocenters. The van der Waals surface area contributed by atoms with Crippen LogP contribution < -0.4 is 10.1 Å². The monoisotopic (exact) mass is 445 g/mol. The van der Waals surface area contributed by atoms with Crippen molar-refractivity contribution in [2.45, 2.75) is 25.9 Å². The molecule has 3 aromatic carbocycles. The van der Waals surface area contributed by atoms with Crippen LogP contribution in [0.1, 0.15) is 35.3 Å². The first-order valence-corrected chi connectivity index (χ1v) is 10.9. The maximum absolute atomic E-state index is 13.6. The van der Waals surface area contributed by atoms with E-state index in [4.69, 9.17) is 9.47 Å². The van der Waals surface area contributed by atoms with Crippen molar-refractivity contribution in [3.05, 3.63) is 89.5 Å². The van der Waals surface area contributed by atoms with E-state index in [9.17, 15) is 14.7 Å². The van der Waals surface area contributed by atoms with Gasteiger partial charge >= 0.3 is 5.97 Å². The molecule has 1 aliphatic heterocycles. The fourth-order valence-electron chi connectivity index (χ4n) is 4.52. The molecule has 6 heteroatoms. The van der Waals surface area contributed by atoms with Crippen LogP contribution in [0, 0.1) is 11.8 Å². The molecule has 0 fully saturated rings. The van der Waals surface area contributed by atoms with Crippen LogP contribution in [-0.2, 0) is 21.6 Å². The number of hydrogen-bond acceptors (Lipinski definition) is 5. The molecule has 0 saturated heterocycles. The summed E-state index contributed by atoms with van der Waals surface area (Å²) in [5, 5.41) is 13.4. The summed E-state index contributed by atoms with van der Waals surface area (Å²) in [6.45, 7) is 3.96. The highest BCUT2D eigenvalue weighted by atomic mass is 16.6. The average Bonchev–Trinajstić information content (AvgIpc) is 3.10. The zero-order valence-electron chi connectivity index (χ0n) is 18.9. The lowest BCUT2D eigenvalue weighted by molar-refractivity contribution is -0.144. The van der Waals surface area contributed by atoms with Crippen LogP contribution in [0.5, 0.6) is 11.5 Å². The van der Waals surface area contributed by atoms with Gasteiger partial charge in [-0.2, -0.15) is 0 Å². The lowest BCUT2D eigenvalue weighted by Crippen LogP contribution is -2.48. The highest BCUT2D eigenvalue weighted by Crippen LogP contribution is 2.49. The van der Waals surface area contributed by atoms with Gasteiger partial charge in [0.2, 0.25) is 5.60 Å². The Bertz CT molecular complexity index is 1170. The molecule has 0 bridgehead atoms. The molecule has 2 unspecified atom stereocenters. The number of phenolic OH excluding ortho intramolecular Hbond substituents is 1. The number of rotatable bonds is 7. The molecule has 0 radical (unpaired) electrons. The number of para-hydroxylation sites is 1. The predicted molar refractivity (Wildman–Crippen MR) is 125 cm³/mol. The Kier molecular flexibility index (Phi) is 6.09. The number of carbonyl (C=O) groups excluding carboxylic acids is 2. The van der Waals surface area contributed by atoms with Crippen LogP contribution in [0.25, 0.3) is 0 Å². The first-order valence-electron chi connectivity index (χ1n) is 10.9. The van der Waals surface area contributed by atoms with E-state index >= 15 is 0 Å². The van der Waals surface area contributed by atoms with E-state index < -0.39 is 23.4 Å². The van der Waals surface area contributed by atoms with E-state index in [0.717, 1.165) is 0 Å². The topological polar surface area (TPSA) is 84.9 Å². The third kappa shape index (κ3) is 4.04. The normalized spacial score (nSPS) is 17.9. The highest BCUT2D eigenvalue weighted by Gasteiger charge is 2.56. The summed E-state index contributed by atoms with van der Waals surface area (Å²) in [4.78, 5) is 26.8. The van der Waals surface area contributed by atoms with E-state index in [1.165, 1.54) is 0 Å². The summed E-state index contributed by atoms with van der Waals surface area (Å²) in [7, 11) is 1.56. The largest absolute Gasteiger partial charge is 0.508 e. The van der Waals surface area contributed by atoms with E-state index in [0.29, 0.717) is 34.5 Å². The Morgan fingerprint density at radius 3 is 2.42 bits per heavy atom. The first-order chi connectivity index (χ1) is 15.9. The molecule has 1 aliphatic rings. The van der Waals surface area contributed by atoms with Crippen molar-refractivity contribution in [3.63, 3.8) is 0 Å². The average molecular weight is 446 g/mol. The molecular formula is C27H27NO5. The molecule has 3 aromatic rings. The second kappa shape index (κ2) is 8.98. The van der Waals surface area contributed by atoms with Gasteiger partial charge < -0.3 is 19.9 Å². The van der Waals surface area contributed by atoms with Crippen LogP contribution in [-0.4, -0.2) is 24.1 Å². The Morgan fingerprint density at radius 2 is 1.73 bits per heavy atom. The zero-order chi connectivity index (χ0) is 23.6. The fraction of sp³-hybridized carbons (Fsp3) is 0.259. The molecule has 6 nitrogen and oxygen atoms in total. The number of hydrogen-bond donors (Lipinski definition) is 2. The number of benzene rings is 3. The van der Waals surface area contributed by atoms with Gasteiger partial charge in [0, 0.05) is 17.2 Å². The molecule has 0 spiro atoms. The molecule has 1 amide bonds. The van der Waals surface area contributed by atoms with E-state index in [1.54, 1.807) is 55.6 Å². The van der Waals surface area contributed by atoms with Crippen LogP contribution in [0.4, 0.5) is 5.69 Å². The minimum Gasteiger partial charge on any atom is -0.508 e. The van der Waals surface area contributed by atoms with Crippen molar-refractivity contribution in [1.82, 2.24) is 0 Å². The summed E-state index contributed by atoms with van der Waals surface area (Å²) < 4.78 is 11.5. The first kappa shape index (κ1) is 22.4. The smallest absolute Gasteiger partial charge is 0.339 e. The number of anilines is 1. The molecular weight excluding hydrogens is 418 g/mol. The molecule has 4 rings (SSSR count). The lowest BCUT2D eigenvalue weighted by Gasteiger charge is -2.38. The number of ether oxygens (including phenoxy) is 2. The fourth-order valence-corrected chi connectivity index (χ4v) is 4.52. The molecule has 0 aromatic heterocycles. The van der Waals surface area contributed by atoms with Crippen molar-refractivity contribution in [3.8, 4) is 11.5 Å². The number of esters is 1. The van der Waals surface area contributed by atoms with E-state index in [-0.39, 0.29) is 11.7 Å². The van der Waals surface area contributed by atoms with Crippen molar-refractivity contribution in [1.29, 1.82) is 0 Å². The number of nitrogens with one attached hydrogen (secondary N) is 1. The summed E-state index contributed by atoms with van der Waals surface area (Å²) in [6.07, 6.45) is 0.296. The van der Waals surface area contributed by atoms with Crippen molar-refractivity contribution < 1.29 is 24.2 Å². The highest BCUT2D eigenvalue weighted by molar-refractivity contribution is 6.07.